The van der Waals surface area contributed by atoms with Gasteiger partial charge in [0.2, 0.25) is 65.0 Å². The molecule has 0 bridgehead atoms. The minimum Gasteiger partial charge on any atom is -0.343 e. The van der Waals surface area contributed by atoms with Crippen LogP contribution in [0.3, 0.4) is 0 Å². The Kier molecular flexibility index (Phi) is 29.9. The van der Waals surface area contributed by atoms with Gasteiger partial charge in [-0.15, -0.1) is 0 Å². The predicted octanol–water partition coefficient (Wildman–Crippen LogP) is 5.39. The number of amides is 11. The van der Waals surface area contributed by atoms with Crippen LogP contribution in [0.25, 0.3) is 0 Å². The molecule has 2 aliphatic rings. The van der Waals surface area contributed by atoms with Crippen molar-refractivity contribution in [3.05, 3.63) is 35.1 Å². The summed E-state index contributed by atoms with van der Waals surface area (Å²) in [5, 5.41) is 11.0. The highest BCUT2D eigenvalue weighted by Gasteiger charge is 2.43. The molecule has 0 unspecified atom stereocenters. The van der Waals surface area contributed by atoms with Gasteiger partial charge in [-0.05, 0) is 107 Å². The van der Waals surface area contributed by atoms with E-state index in [4.69, 9.17) is 0 Å². The molecule has 3 rings (SSSR count). The molecule has 4 N–H and O–H groups in total. The quantitative estimate of drug-likeness (QED) is 0.182. The second kappa shape index (κ2) is 34.7. The van der Waals surface area contributed by atoms with Crippen LogP contribution >= 0.6 is 0 Å². The van der Waals surface area contributed by atoms with Crippen LogP contribution in [-0.4, -0.2) is 216 Å². The number of carbonyl (C=O) groups is 11. The number of alkyl halides is 3. The third-order valence-corrected chi connectivity index (χ3v) is 17.9. The number of aryl methyl sites for hydroxylation is 1. The van der Waals surface area contributed by atoms with Gasteiger partial charge < -0.3 is 55.6 Å². The number of nitrogens with zero attached hydrogens (tertiary/aromatic N) is 7. The summed E-state index contributed by atoms with van der Waals surface area (Å²) in [6.45, 7) is 17.4. The fourth-order valence-corrected chi connectivity index (χ4v) is 11.3. The molecule has 1 aromatic rings. The first kappa shape index (κ1) is 78.4. The molecule has 8 atom stereocenters. The van der Waals surface area contributed by atoms with Crippen LogP contribution in [0.5, 0.6) is 0 Å². The van der Waals surface area contributed by atoms with Crippen molar-refractivity contribution in [2.45, 2.75) is 214 Å². The molecule has 1 saturated carbocycles. The summed E-state index contributed by atoms with van der Waals surface area (Å²) in [6, 6.07) is -6.00. The second-order valence-electron chi connectivity index (χ2n) is 27.2. The van der Waals surface area contributed by atoms with E-state index in [2.05, 4.69) is 21.3 Å². The number of likely N-dealkylation sites (N-methyl/N-ethyl adjacent to an activating group) is 7. The fourth-order valence-electron chi connectivity index (χ4n) is 11.3. The lowest BCUT2D eigenvalue weighted by Gasteiger charge is -2.39. The third-order valence-electron chi connectivity index (χ3n) is 17.9. The number of hydrogen-bond donors (Lipinski definition) is 4. The lowest BCUT2D eigenvalue weighted by Crippen LogP contribution is -2.63. The molecular formula is C65H105F4N11O11. The summed E-state index contributed by atoms with van der Waals surface area (Å²) in [5.41, 5.74) is -3.19. The van der Waals surface area contributed by atoms with Crippen LogP contribution in [0.1, 0.15) is 164 Å². The van der Waals surface area contributed by atoms with Gasteiger partial charge in [0.15, 0.2) is 0 Å². The average molecular weight is 1290 g/mol. The molecule has 0 radical (unpaired) electrons. The van der Waals surface area contributed by atoms with E-state index in [1.807, 2.05) is 34.6 Å². The largest absolute Gasteiger partial charge is 0.419 e. The fraction of sp³-hybridized carbons (Fsp3) is 0.738. The highest BCUT2D eigenvalue weighted by Crippen LogP contribution is 2.33. The monoisotopic (exact) mass is 1290 g/mol. The van der Waals surface area contributed by atoms with Crippen molar-refractivity contribution in [2.24, 2.45) is 29.6 Å². The SMILES string of the molecule is CC[C@H](C)[C@@H]1NC(=O)[C@H](CC(C)C)N(C)C(=O)C[C@@H](C)N(C)C(=O)[C@H](CC(C)C)NC(=O)C(C)(C)N(C)C(=O)[C@@H](CC(C)C)NC(=O)[C@H](CCc2ccc(C(F)(F)F)c(F)c2)NC(=O)CN(C)C(=O)[C@H](CC2CCCCC2)N(C)C(=O)CN(C)C(=O)CN(C)C1=O. The number of benzene rings is 1. The molecule has 1 heterocycles. The van der Waals surface area contributed by atoms with Crippen LogP contribution in [0.2, 0.25) is 0 Å². The van der Waals surface area contributed by atoms with Gasteiger partial charge in [0.1, 0.15) is 47.6 Å². The van der Waals surface area contributed by atoms with E-state index in [9.17, 15) is 70.3 Å². The molecular weight excluding hydrogens is 1190 g/mol. The Morgan fingerprint density at radius 1 is 0.582 bits per heavy atom. The van der Waals surface area contributed by atoms with Crippen molar-refractivity contribution < 1.29 is 70.3 Å². The molecule has 0 aromatic heterocycles. The van der Waals surface area contributed by atoms with E-state index in [0.717, 1.165) is 57.8 Å². The maximum Gasteiger partial charge on any atom is 0.419 e. The van der Waals surface area contributed by atoms with Gasteiger partial charge in [0.25, 0.3) is 0 Å². The Morgan fingerprint density at radius 2 is 1.12 bits per heavy atom. The van der Waals surface area contributed by atoms with E-state index < -0.39 is 156 Å². The van der Waals surface area contributed by atoms with Crippen molar-refractivity contribution in [3.63, 3.8) is 0 Å². The Bertz CT molecular complexity index is 2720. The van der Waals surface area contributed by atoms with Crippen LogP contribution in [0, 0.1) is 35.4 Å². The van der Waals surface area contributed by atoms with Gasteiger partial charge >= 0.3 is 6.18 Å². The van der Waals surface area contributed by atoms with E-state index in [0.29, 0.717) is 18.6 Å². The molecule has 1 aromatic carbocycles. The van der Waals surface area contributed by atoms with E-state index in [-0.39, 0.29) is 74.2 Å². The van der Waals surface area contributed by atoms with E-state index in [1.54, 1.807) is 27.7 Å². The molecule has 2 fully saturated rings. The molecule has 91 heavy (non-hydrogen) atoms. The first-order valence-electron chi connectivity index (χ1n) is 32.0. The topological polar surface area (TPSA) is 259 Å². The molecule has 514 valence electrons. The van der Waals surface area contributed by atoms with Gasteiger partial charge in [0.05, 0.1) is 25.2 Å². The predicted molar refractivity (Wildman–Crippen MR) is 336 cm³/mol. The van der Waals surface area contributed by atoms with Crippen LogP contribution in [0.4, 0.5) is 17.6 Å². The standard InChI is InChI=1S/C65H105F4N11O11/c1-19-41(8)56-62(90)76(14)36-54(83)74(12)37-55(84)79(17)51(34-43-23-21-20-22-24-43)61(89)75(13)35-52(81)70-47(28-26-44-25-27-45(46(66)33-44)65(67,68)69)57(85)71-49(30-39(4)5)60(88)80(18)64(10,11)63(91)72-48(29-38(2)3)59(87)77(15)42(9)32-53(82)78(16)50(31-40(6)7)58(86)73-56/h25,27,33,38-43,47-51,56H,19-24,26,28-32,34-37H2,1-18H3,(H,70,81)(H,71,85)(H,72,91)(H,73,86)/t41-,42+,47-,48-,49+,50-,51-,56-/m0/s1. The maximum absolute atomic E-state index is 14.9. The van der Waals surface area contributed by atoms with Gasteiger partial charge in [-0.1, -0.05) is 100.0 Å². The Balaban J connectivity index is 2.22. The Morgan fingerprint density at radius 3 is 1.66 bits per heavy atom. The summed E-state index contributed by atoms with van der Waals surface area (Å²) in [7, 11) is 9.78. The zero-order valence-corrected chi connectivity index (χ0v) is 57.1. The molecule has 1 aliphatic heterocycles. The second-order valence-corrected chi connectivity index (χ2v) is 27.2. The van der Waals surface area contributed by atoms with Gasteiger partial charge in [-0.25, -0.2) is 4.39 Å². The molecule has 26 heteroatoms. The molecule has 1 aliphatic carbocycles. The smallest absolute Gasteiger partial charge is 0.343 e. The van der Waals surface area contributed by atoms with E-state index in [1.165, 1.54) is 77.9 Å². The van der Waals surface area contributed by atoms with Gasteiger partial charge in [-0.3, -0.25) is 52.7 Å². The highest BCUT2D eigenvalue weighted by atomic mass is 19.4. The number of hydrogen-bond acceptors (Lipinski definition) is 11. The number of carbonyl (C=O) groups excluding carboxylic acids is 11. The van der Waals surface area contributed by atoms with Gasteiger partial charge in [-0.2, -0.15) is 13.2 Å². The van der Waals surface area contributed by atoms with Crippen molar-refractivity contribution in [2.75, 3.05) is 69.0 Å². The summed E-state index contributed by atoms with van der Waals surface area (Å²) < 4.78 is 55.7. The van der Waals surface area contributed by atoms with Crippen molar-refractivity contribution in [1.82, 2.24) is 55.6 Å². The zero-order valence-electron chi connectivity index (χ0n) is 57.1. The Hall–Kier alpha value is -6.89. The van der Waals surface area contributed by atoms with Crippen molar-refractivity contribution in [3.8, 4) is 0 Å². The molecule has 1 saturated heterocycles. The number of nitrogens with one attached hydrogen (secondary N) is 4. The highest BCUT2D eigenvalue weighted by molar-refractivity contribution is 5.98. The molecule has 22 nitrogen and oxygen atoms in total. The summed E-state index contributed by atoms with van der Waals surface area (Å²) in [4.78, 5) is 167. The van der Waals surface area contributed by atoms with E-state index >= 15 is 0 Å². The third kappa shape index (κ3) is 22.7. The van der Waals surface area contributed by atoms with Crippen LogP contribution < -0.4 is 21.3 Å². The maximum atomic E-state index is 14.9. The lowest BCUT2D eigenvalue weighted by molar-refractivity contribution is -0.149. The first-order chi connectivity index (χ1) is 42.1. The van der Waals surface area contributed by atoms with Crippen molar-refractivity contribution >= 4 is 65.0 Å². The normalized spacial score (nSPS) is 24.9. The van der Waals surface area contributed by atoms with Gasteiger partial charge in [0, 0.05) is 61.8 Å². The van der Waals surface area contributed by atoms with Crippen molar-refractivity contribution in [1.29, 1.82) is 0 Å². The molecule has 0 spiro atoms. The lowest BCUT2D eigenvalue weighted by atomic mass is 9.84. The minimum atomic E-state index is -5.00. The Labute approximate surface area is 536 Å². The molecule has 11 amide bonds. The summed E-state index contributed by atoms with van der Waals surface area (Å²) in [6.07, 6.45) is -0.634. The summed E-state index contributed by atoms with van der Waals surface area (Å²) in [5.74, 6) is -10.1. The van der Waals surface area contributed by atoms with Crippen LogP contribution in [0.15, 0.2) is 18.2 Å². The number of halogens is 4. The minimum absolute atomic E-state index is 0.00352. The summed E-state index contributed by atoms with van der Waals surface area (Å²) >= 11 is 0. The number of rotatable bonds is 13. The van der Waals surface area contributed by atoms with Crippen LogP contribution in [-0.2, 0) is 65.3 Å². The zero-order chi connectivity index (χ0) is 69.3. The first-order valence-corrected chi connectivity index (χ1v) is 32.0. The average Bonchev–Trinajstić information content (AvgIpc) is 1.09.